The van der Waals surface area contributed by atoms with E-state index in [0.717, 1.165) is 0 Å². The highest BCUT2D eigenvalue weighted by Gasteiger charge is 2.28. The van der Waals surface area contributed by atoms with Crippen LogP contribution in [-0.4, -0.2) is 25.3 Å². The molecule has 1 aromatic rings. The molecule has 0 N–H and O–H groups in total. The normalized spacial score (nSPS) is 11.4. The Morgan fingerprint density at radius 2 is 1.88 bits per heavy atom. The van der Waals surface area contributed by atoms with Gasteiger partial charge in [-0.3, -0.25) is 4.57 Å². The SMILES string of the molecule is CCOP(=O)(OCC)c1cccc(OC)n1. The summed E-state index contributed by atoms with van der Waals surface area (Å²) >= 11 is 0. The third kappa shape index (κ3) is 3.04. The fourth-order valence-electron chi connectivity index (χ4n) is 1.18. The Morgan fingerprint density at radius 3 is 2.38 bits per heavy atom. The molecule has 90 valence electrons. The van der Waals surface area contributed by atoms with Crippen LogP contribution in [0.1, 0.15) is 13.8 Å². The van der Waals surface area contributed by atoms with E-state index in [-0.39, 0.29) is 5.44 Å². The van der Waals surface area contributed by atoms with E-state index in [1.165, 1.54) is 7.11 Å². The van der Waals surface area contributed by atoms with Gasteiger partial charge in [-0.15, -0.1) is 0 Å². The zero-order valence-electron chi connectivity index (χ0n) is 9.67. The highest BCUT2D eigenvalue weighted by molar-refractivity contribution is 7.61. The molecular formula is C10H16NO4P. The van der Waals surface area contributed by atoms with Crippen molar-refractivity contribution in [1.29, 1.82) is 0 Å². The van der Waals surface area contributed by atoms with Gasteiger partial charge in [0.2, 0.25) is 5.88 Å². The molecule has 0 unspecified atom stereocenters. The van der Waals surface area contributed by atoms with Crippen LogP contribution >= 0.6 is 7.60 Å². The first-order valence-electron chi connectivity index (χ1n) is 5.07. The number of nitrogens with zero attached hydrogens (tertiary/aromatic N) is 1. The molecule has 0 atom stereocenters. The van der Waals surface area contributed by atoms with Crippen molar-refractivity contribution in [3.63, 3.8) is 0 Å². The molecule has 1 rings (SSSR count). The Hall–Kier alpha value is -0.900. The number of rotatable bonds is 6. The first kappa shape index (κ1) is 13.2. The van der Waals surface area contributed by atoms with Crippen molar-refractivity contribution in [2.45, 2.75) is 13.8 Å². The number of ether oxygens (including phenoxy) is 1. The van der Waals surface area contributed by atoms with E-state index in [1.807, 2.05) is 0 Å². The van der Waals surface area contributed by atoms with Gasteiger partial charge < -0.3 is 13.8 Å². The second kappa shape index (κ2) is 5.99. The lowest BCUT2D eigenvalue weighted by Crippen LogP contribution is -2.14. The molecular weight excluding hydrogens is 229 g/mol. The van der Waals surface area contributed by atoms with E-state index >= 15 is 0 Å². The van der Waals surface area contributed by atoms with Crippen LogP contribution in [0.3, 0.4) is 0 Å². The average molecular weight is 245 g/mol. The maximum Gasteiger partial charge on any atom is 0.379 e. The summed E-state index contributed by atoms with van der Waals surface area (Å²) in [6, 6.07) is 4.98. The van der Waals surface area contributed by atoms with Gasteiger partial charge in [0, 0.05) is 6.07 Å². The molecule has 0 aliphatic rings. The lowest BCUT2D eigenvalue weighted by molar-refractivity contribution is 0.229. The molecule has 16 heavy (non-hydrogen) atoms. The van der Waals surface area contributed by atoms with E-state index in [2.05, 4.69) is 4.98 Å². The van der Waals surface area contributed by atoms with Crippen molar-refractivity contribution >= 4 is 13.0 Å². The summed E-state index contributed by atoms with van der Waals surface area (Å²) in [4.78, 5) is 4.07. The zero-order chi connectivity index (χ0) is 12.0. The maximum atomic E-state index is 12.3. The minimum atomic E-state index is -3.30. The molecule has 0 amide bonds. The van der Waals surface area contributed by atoms with E-state index < -0.39 is 7.60 Å². The summed E-state index contributed by atoms with van der Waals surface area (Å²) < 4.78 is 27.6. The van der Waals surface area contributed by atoms with Crippen LogP contribution in [0.4, 0.5) is 0 Å². The fraction of sp³-hybridized carbons (Fsp3) is 0.500. The Morgan fingerprint density at radius 1 is 1.25 bits per heavy atom. The third-order valence-electron chi connectivity index (χ3n) is 1.80. The van der Waals surface area contributed by atoms with Gasteiger partial charge in [-0.1, -0.05) is 6.07 Å². The number of aromatic nitrogens is 1. The monoisotopic (exact) mass is 245 g/mol. The van der Waals surface area contributed by atoms with Gasteiger partial charge in [-0.05, 0) is 19.9 Å². The molecule has 0 bridgehead atoms. The van der Waals surface area contributed by atoms with E-state index in [4.69, 9.17) is 13.8 Å². The Bertz CT molecular complexity index is 373. The summed E-state index contributed by atoms with van der Waals surface area (Å²) in [7, 11) is -1.80. The van der Waals surface area contributed by atoms with E-state index in [9.17, 15) is 4.57 Å². The lowest BCUT2D eigenvalue weighted by Gasteiger charge is -2.16. The first-order chi connectivity index (χ1) is 7.66. The molecule has 0 radical (unpaired) electrons. The molecule has 0 fully saturated rings. The fourth-order valence-corrected chi connectivity index (χ4v) is 2.69. The second-order valence-corrected chi connectivity index (χ2v) is 4.84. The van der Waals surface area contributed by atoms with Crippen LogP contribution in [0.5, 0.6) is 5.88 Å². The summed E-state index contributed by atoms with van der Waals surface area (Å²) in [5.41, 5.74) is 0.274. The summed E-state index contributed by atoms with van der Waals surface area (Å²) in [5.74, 6) is 0.386. The first-order valence-corrected chi connectivity index (χ1v) is 6.61. The summed E-state index contributed by atoms with van der Waals surface area (Å²) in [6.07, 6.45) is 0. The standard InChI is InChI=1S/C10H16NO4P/c1-4-14-16(12,15-5-2)10-8-6-7-9(11-10)13-3/h6-8H,4-5H2,1-3H3. The average Bonchev–Trinajstić information content (AvgIpc) is 2.30. The summed E-state index contributed by atoms with van der Waals surface area (Å²) in [5, 5.41) is 0. The number of hydrogen-bond donors (Lipinski definition) is 0. The predicted octanol–water partition coefficient (Wildman–Crippen LogP) is 1.98. The quantitative estimate of drug-likeness (QED) is 0.717. The van der Waals surface area contributed by atoms with Gasteiger partial charge in [-0.2, -0.15) is 0 Å². The molecule has 0 saturated heterocycles. The van der Waals surface area contributed by atoms with Gasteiger partial charge in [0.25, 0.3) is 0 Å². The minimum absolute atomic E-state index is 0.274. The summed E-state index contributed by atoms with van der Waals surface area (Å²) in [6.45, 7) is 4.12. The van der Waals surface area contributed by atoms with Crippen molar-refractivity contribution in [3.8, 4) is 5.88 Å². The van der Waals surface area contributed by atoms with Crippen LogP contribution in [0.25, 0.3) is 0 Å². The molecule has 0 spiro atoms. The van der Waals surface area contributed by atoms with Crippen molar-refractivity contribution in [1.82, 2.24) is 4.98 Å². The van der Waals surface area contributed by atoms with Crippen molar-refractivity contribution in [3.05, 3.63) is 18.2 Å². The van der Waals surface area contributed by atoms with Crippen molar-refractivity contribution in [2.75, 3.05) is 20.3 Å². The van der Waals surface area contributed by atoms with Gasteiger partial charge >= 0.3 is 7.60 Å². The van der Waals surface area contributed by atoms with Crippen LogP contribution < -0.4 is 10.2 Å². The van der Waals surface area contributed by atoms with E-state index in [0.29, 0.717) is 19.1 Å². The highest BCUT2D eigenvalue weighted by Crippen LogP contribution is 2.46. The van der Waals surface area contributed by atoms with Crippen LogP contribution in [0.15, 0.2) is 18.2 Å². The van der Waals surface area contributed by atoms with Crippen molar-refractivity contribution in [2.24, 2.45) is 0 Å². The molecule has 0 aliphatic heterocycles. The smallest absolute Gasteiger partial charge is 0.379 e. The Balaban J connectivity index is 3.05. The minimum Gasteiger partial charge on any atom is -0.481 e. The van der Waals surface area contributed by atoms with Gasteiger partial charge in [0.05, 0.1) is 20.3 Å². The van der Waals surface area contributed by atoms with Crippen LogP contribution in [0, 0.1) is 0 Å². The second-order valence-electron chi connectivity index (χ2n) is 2.87. The van der Waals surface area contributed by atoms with Crippen LogP contribution in [-0.2, 0) is 13.6 Å². The predicted molar refractivity (Wildman–Crippen MR) is 61.3 cm³/mol. The third-order valence-corrected chi connectivity index (χ3v) is 3.80. The number of pyridine rings is 1. The molecule has 0 saturated carbocycles. The lowest BCUT2D eigenvalue weighted by atomic mass is 10.5. The topological polar surface area (TPSA) is 57.7 Å². The highest BCUT2D eigenvalue weighted by atomic mass is 31.2. The molecule has 1 aromatic heterocycles. The number of hydrogen-bond acceptors (Lipinski definition) is 5. The Kier molecular flexibility index (Phi) is 4.93. The number of methoxy groups -OCH3 is 1. The molecule has 0 aliphatic carbocycles. The van der Waals surface area contributed by atoms with E-state index in [1.54, 1.807) is 32.0 Å². The maximum absolute atomic E-state index is 12.3. The largest absolute Gasteiger partial charge is 0.481 e. The molecule has 0 aromatic carbocycles. The molecule has 6 heteroatoms. The van der Waals surface area contributed by atoms with Gasteiger partial charge in [-0.25, -0.2) is 4.98 Å². The van der Waals surface area contributed by atoms with Gasteiger partial charge in [0.15, 0.2) is 5.44 Å². The zero-order valence-corrected chi connectivity index (χ0v) is 10.6. The van der Waals surface area contributed by atoms with Crippen molar-refractivity contribution < 1.29 is 18.3 Å². The molecule has 1 heterocycles. The molecule has 5 nitrogen and oxygen atoms in total. The van der Waals surface area contributed by atoms with Crippen LogP contribution in [0.2, 0.25) is 0 Å². The Labute approximate surface area is 95.3 Å². The van der Waals surface area contributed by atoms with Gasteiger partial charge in [0.1, 0.15) is 0 Å².